The van der Waals surface area contributed by atoms with E-state index in [4.69, 9.17) is 4.12 Å². The van der Waals surface area contributed by atoms with E-state index < -0.39 is 0 Å². The predicted octanol–water partition coefficient (Wildman–Crippen LogP) is 2.87. The Kier molecular flexibility index (Phi) is 5.99. The maximum atomic E-state index is 6.17. The van der Waals surface area contributed by atoms with Crippen LogP contribution in [0.4, 0.5) is 0 Å². The Hall–Kier alpha value is 0.394. The van der Waals surface area contributed by atoms with Gasteiger partial charge < -0.3 is 4.12 Å². The Bertz CT molecular complexity index is 120. The van der Waals surface area contributed by atoms with Gasteiger partial charge in [0.15, 0.2) is 9.04 Å². The molecule has 0 heterocycles. The van der Waals surface area contributed by atoms with Gasteiger partial charge in [0.1, 0.15) is 9.76 Å². The molecule has 1 fully saturated rings. The zero-order valence-electron chi connectivity index (χ0n) is 9.14. The summed E-state index contributed by atoms with van der Waals surface area (Å²) in [6, 6.07) is 2.77. The van der Waals surface area contributed by atoms with E-state index in [0.717, 1.165) is 5.54 Å². The Morgan fingerprint density at radius 2 is 1.85 bits per heavy atom. The van der Waals surface area contributed by atoms with E-state index in [-0.39, 0.29) is 18.8 Å². The molecule has 1 nitrogen and oxygen atoms in total. The van der Waals surface area contributed by atoms with E-state index in [9.17, 15) is 0 Å². The van der Waals surface area contributed by atoms with Gasteiger partial charge in [-0.1, -0.05) is 46.0 Å². The average molecular weight is 215 g/mol. The lowest BCUT2D eigenvalue weighted by molar-refractivity contribution is 0.456. The van der Waals surface area contributed by atoms with Gasteiger partial charge in [0, 0.05) is 0 Å². The van der Waals surface area contributed by atoms with Gasteiger partial charge in [-0.15, -0.1) is 0 Å². The zero-order chi connectivity index (χ0) is 9.52. The zero-order valence-corrected chi connectivity index (χ0v) is 11.6. The van der Waals surface area contributed by atoms with Crippen molar-refractivity contribution in [1.82, 2.24) is 0 Å². The van der Waals surface area contributed by atoms with Crippen molar-refractivity contribution in [1.29, 1.82) is 0 Å². The third-order valence-corrected chi connectivity index (χ3v) is 8.51. The highest BCUT2D eigenvalue weighted by Crippen LogP contribution is 2.31. The molecule has 0 aromatic heterocycles. The third kappa shape index (κ3) is 4.43. The molecular weight excluding hydrogens is 192 g/mol. The molecule has 13 heavy (non-hydrogen) atoms. The van der Waals surface area contributed by atoms with E-state index >= 15 is 0 Å². The van der Waals surface area contributed by atoms with Gasteiger partial charge in [-0.05, 0) is 17.6 Å². The van der Waals surface area contributed by atoms with Gasteiger partial charge in [0.25, 0.3) is 0 Å². The van der Waals surface area contributed by atoms with Gasteiger partial charge in [-0.25, -0.2) is 0 Å². The molecule has 0 saturated heterocycles. The quantitative estimate of drug-likeness (QED) is 0.594. The first-order chi connectivity index (χ1) is 6.36. The minimum absolute atomic E-state index is 0.120. The van der Waals surface area contributed by atoms with Crippen LogP contribution in [-0.2, 0) is 4.12 Å². The Morgan fingerprint density at radius 1 is 1.23 bits per heavy atom. The van der Waals surface area contributed by atoms with E-state index in [1.807, 2.05) is 0 Å². The summed E-state index contributed by atoms with van der Waals surface area (Å²) < 4.78 is 6.17. The molecule has 0 bridgehead atoms. The number of rotatable bonds is 7. The van der Waals surface area contributed by atoms with Gasteiger partial charge in [0.2, 0.25) is 0 Å². The standard InChI is InChI=1S/C10H23OSi2/c1-3-8-13(9-4-2)11-12-10-6-5-7-10/h10H,3-9,12H2,1-2H3. The van der Waals surface area contributed by atoms with Crippen LogP contribution >= 0.6 is 0 Å². The van der Waals surface area contributed by atoms with Crippen LogP contribution < -0.4 is 0 Å². The molecule has 1 aliphatic rings. The van der Waals surface area contributed by atoms with E-state index in [0.29, 0.717) is 0 Å². The summed E-state index contributed by atoms with van der Waals surface area (Å²) in [7, 11) is -0.476. The molecule has 0 atom stereocenters. The summed E-state index contributed by atoms with van der Waals surface area (Å²) in [5.74, 6) is 0. The Morgan fingerprint density at radius 3 is 2.23 bits per heavy atom. The molecule has 1 aliphatic carbocycles. The SMILES string of the molecule is CCC[Si](CCC)O[SiH2]C1CCC1. The van der Waals surface area contributed by atoms with Crippen LogP contribution in [0.15, 0.2) is 0 Å². The van der Waals surface area contributed by atoms with Crippen LogP contribution in [0.25, 0.3) is 0 Å². The minimum Gasteiger partial charge on any atom is -0.460 e. The summed E-state index contributed by atoms with van der Waals surface area (Å²) in [5, 5.41) is 0. The van der Waals surface area contributed by atoms with Crippen LogP contribution in [-0.4, -0.2) is 18.8 Å². The third-order valence-electron chi connectivity index (χ3n) is 2.81. The van der Waals surface area contributed by atoms with Gasteiger partial charge >= 0.3 is 0 Å². The molecular formula is C10H23OSi2. The van der Waals surface area contributed by atoms with Gasteiger partial charge in [-0.3, -0.25) is 0 Å². The van der Waals surface area contributed by atoms with Crippen molar-refractivity contribution in [2.24, 2.45) is 0 Å². The Balaban J connectivity index is 2.05. The molecule has 0 spiro atoms. The minimum atomic E-state index is -0.356. The van der Waals surface area contributed by atoms with Crippen molar-refractivity contribution in [3.8, 4) is 0 Å². The summed E-state index contributed by atoms with van der Waals surface area (Å²) in [5.41, 5.74) is 1.06. The van der Waals surface area contributed by atoms with Gasteiger partial charge in [0.05, 0.1) is 0 Å². The van der Waals surface area contributed by atoms with E-state index in [1.165, 1.54) is 44.2 Å². The highest BCUT2D eigenvalue weighted by molar-refractivity contribution is 6.59. The molecule has 0 amide bonds. The first-order valence-corrected chi connectivity index (χ1v) is 9.06. The molecule has 0 aromatic rings. The topological polar surface area (TPSA) is 9.23 Å². The van der Waals surface area contributed by atoms with E-state index in [2.05, 4.69) is 13.8 Å². The van der Waals surface area contributed by atoms with Crippen molar-refractivity contribution < 1.29 is 4.12 Å². The van der Waals surface area contributed by atoms with Crippen molar-refractivity contribution in [2.75, 3.05) is 0 Å². The first kappa shape index (κ1) is 11.5. The molecule has 1 rings (SSSR count). The fourth-order valence-electron chi connectivity index (χ4n) is 1.72. The lowest BCUT2D eigenvalue weighted by atomic mass is 10.00. The van der Waals surface area contributed by atoms with Crippen LogP contribution in [0.1, 0.15) is 46.0 Å². The fraction of sp³-hybridized carbons (Fsp3) is 1.00. The van der Waals surface area contributed by atoms with Crippen molar-refractivity contribution in [3.05, 3.63) is 0 Å². The molecule has 3 heteroatoms. The van der Waals surface area contributed by atoms with Crippen molar-refractivity contribution in [2.45, 2.75) is 63.6 Å². The largest absolute Gasteiger partial charge is 0.460 e. The summed E-state index contributed by atoms with van der Waals surface area (Å²) in [6.45, 7) is 4.57. The number of hydrogen-bond donors (Lipinski definition) is 0. The highest BCUT2D eigenvalue weighted by Gasteiger charge is 2.20. The van der Waals surface area contributed by atoms with Crippen molar-refractivity contribution in [3.63, 3.8) is 0 Å². The van der Waals surface area contributed by atoms with Gasteiger partial charge in [-0.2, -0.15) is 0 Å². The molecule has 0 N–H and O–H groups in total. The molecule has 1 saturated carbocycles. The molecule has 77 valence electrons. The summed E-state index contributed by atoms with van der Waals surface area (Å²) in [4.78, 5) is 0. The maximum Gasteiger partial charge on any atom is 0.197 e. The normalized spacial score (nSPS) is 18.7. The summed E-state index contributed by atoms with van der Waals surface area (Å²) >= 11 is 0. The number of hydrogen-bond acceptors (Lipinski definition) is 1. The molecule has 0 unspecified atom stereocenters. The second-order valence-electron chi connectivity index (χ2n) is 4.15. The second-order valence-corrected chi connectivity index (χ2v) is 8.87. The lowest BCUT2D eigenvalue weighted by Gasteiger charge is -2.26. The fourth-order valence-corrected chi connectivity index (χ4v) is 7.04. The lowest BCUT2D eigenvalue weighted by Crippen LogP contribution is -2.24. The molecule has 0 aliphatic heterocycles. The van der Waals surface area contributed by atoms with E-state index in [1.54, 1.807) is 0 Å². The first-order valence-electron chi connectivity index (χ1n) is 5.84. The van der Waals surface area contributed by atoms with Crippen LogP contribution in [0, 0.1) is 0 Å². The highest BCUT2D eigenvalue weighted by atomic mass is 28.3. The second kappa shape index (κ2) is 6.79. The van der Waals surface area contributed by atoms with Crippen LogP contribution in [0.2, 0.25) is 17.6 Å². The molecule has 0 aromatic carbocycles. The molecule has 1 radical (unpaired) electrons. The van der Waals surface area contributed by atoms with Crippen LogP contribution in [0.3, 0.4) is 0 Å². The maximum absolute atomic E-state index is 6.17. The Labute approximate surface area is 86.9 Å². The van der Waals surface area contributed by atoms with Crippen molar-refractivity contribution >= 4 is 18.8 Å². The monoisotopic (exact) mass is 215 g/mol. The van der Waals surface area contributed by atoms with Crippen LogP contribution in [0.5, 0.6) is 0 Å². The average Bonchev–Trinajstić information content (AvgIpc) is 2.02. The summed E-state index contributed by atoms with van der Waals surface area (Å²) in [6.07, 6.45) is 7.10. The smallest absolute Gasteiger partial charge is 0.197 e. The predicted molar refractivity (Wildman–Crippen MR) is 63.2 cm³/mol.